The Kier molecular flexibility index (Phi) is 6.10. The van der Waals surface area contributed by atoms with Gasteiger partial charge in [0.1, 0.15) is 6.04 Å². The zero-order valence-corrected chi connectivity index (χ0v) is 10.9. The first kappa shape index (κ1) is 16.1. The van der Waals surface area contributed by atoms with Crippen LogP contribution < -0.4 is 5.32 Å². The van der Waals surface area contributed by atoms with E-state index in [2.05, 4.69) is 5.32 Å². The average molecular weight is 290 g/mol. The highest BCUT2D eigenvalue weighted by Gasteiger charge is 2.25. The number of hydrogen-bond acceptors (Lipinski definition) is 4. The lowest BCUT2D eigenvalue weighted by Gasteiger charge is -2.25. The maximum Gasteiger partial charge on any atom is 0.287 e. The monoisotopic (exact) mass is 290 g/mol. The topological polar surface area (TPSA) is 82.8 Å². The number of carbonyl (C=O) groups excluding carboxylic acids is 2. The van der Waals surface area contributed by atoms with E-state index in [1.807, 2.05) is 0 Å². The number of aliphatic hydroxyl groups is 1. The molecule has 0 saturated carbocycles. The Morgan fingerprint density at radius 3 is 2.70 bits per heavy atom. The minimum absolute atomic E-state index is 0.0206. The smallest absolute Gasteiger partial charge is 0.287 e. The van der Waals surface area contributed by atoms with Crippen molar-refractivity contribution in [2.75, 3.05) is 19.7 Å². The number of amides is 2. The van der Waals surface area contributed by atoms with Crippen molar-refractivity contribution in [1.29, 1.82) is 0 Å². The molecule has 1 rings (SSSR count). The second-order valence-electron chi connectivity index (χ2n) is 4.07. The van der Waals surface area contributed by atoms with Gasteiger partial charge in [0.15, 0.2) is 5.76 Å². The lowest BCUT2D eigenvalue weighted by atomic mass is 10.2. The molecular weight excluding hydrogens is 274 g/mol. The fraction of sp³-hybridized carbons (Fsp3) is 0.500. The quantitative estimate of drug-likeness (QED) is 0.765. The molecule has 0 saturated heterocycles. The van der Waals surface area contributed by atoms with Crippen molar-refractivity contribution in [3.63, 3.8) is 0 Å². The summed E-state index contributed by atoms with van der Waals surface area (Å²) in [6, 6.07) is 1.92. The summed E-state index contributed by atoms with van der Waals surface area (Å²) in [7, 11) is 0. The maximum absolute atomic E-state index is 12.3. The molecule has 1 aromatic rings. The van der Waals surface area contributed by atoms with Crippen molar-refractivity contribution >= 4 is 11.8 Å². The van der Waals surface area contributed by atoms with Crippen molar-refractivity contribution in [3.05, 3.63) is 24.2 Å². The van der Waals surface area contributed by atoms with Crippen LogP contribution in [0.2, 0.25) is 0 Å². The summed E-state index contributed by atoms with van der Waals surface area (Å²) < 4.78 is 29.5. The number of carbonyl (C=O) groups is 2. The van der Waals surface area contributed by atoms with Crippen molar-refractivity contribution in [2.45, 2.75) is 19.4 Å². The number of halogens is 2. The minimum atomic E-state index is -2.71. The lowest BCUT2D eigenvalue weighted by molar-refractivity contribution is -0.135. The summed E-state index contributed by atoms with van der Waals surface area (Å²) in [5.41, 5.74) is 0. The molecule has 8 heteroatoms. The summed E-state index contributed by atoms with van der Waals surface area (Å²) >= 11 is 0. The van der Waals surface area contributed by atoms with Gasteiger partial charge in [-0.25, -0.2) is 8.78 Å². The van der Waals surface area contributed by atoms with Crippen molar-refractivity contribution in [3.8, 4) is 0 Å². The number of nitrogens with one attached hydrogen (secondary N) is 1. The average Bonchev–Trinajstić information content (AvgIpc) is 2.90. The van der Waals surface area contributed by atoms with Crippen molar-refractivity contribution in [1.82, 2.24) is 10.2 Å². The molecule has 0 aliphatic rings. The van der Waals surface area contributed by atoms with Crippen LogP contribution in [0.25, 0.3) is 0 Å². The number of aliphatic hydroxyl groups excluding tert-OH is 1. The largest absolute Gasteiger partial charge is 0.459 e. The molecule has 20 heavy (non-hydrogen) atoms. The molecule has 1 unspecified atom stereocenters. The van der Waals surface area contributed by atoms with Crippen LogP contribution in [0.1, 0.15) is 17.5 Å². The molecule has 2 N–H and O–H groups in total. The van der Waals surface area contributed by atoms with Gasteiger partial charge in [0, 0.05) is 6.54 Å². The molecule has 1 heterocycles. The highest BCUT2D eigenvalue weighted by molar-refractivity contribution is 5.95. The second kappa shape index (κ2) is 7.59. The van der Waals surface area contributed by atoms with Gasteiger partial charge in [0.05, 0.1) is 19.4 Å². The third-order valence-corrected chi connectivity index (χ3v) is 2.50. The Morgan fingerprint density at radius 2 is 2.20 bits per heavy atom. The SMILES string of the molecule is CC(NC(=O)c1ccco1)C(=O)N(CCO)CC(F)F. The molecule has 0 spiro atoms. The van der Waals surface area contributed by atoms with Gasteiger partial charge in [0.2, 0.25) is 5.91 Å². The molecule has 0 aliphatic carbocycles. The van der Waals surface area contributed by atoms with Gasteiger partial charge >= 0.3 is 0 Å². The van der Waals surface area contributed by atoms with Gasteiger partial charge in [0.25, 0.3) is 12.3 Å². The van der Waals surface area contributed by atoms with Gasteiger partial charge in [-0.2, -0.15) is 0 Å². The van der Waals surface area contributed by atoms with Crippen LogP contribution in [0, 0.1) is 0 Å². The molecule has 112 valence electrons. The maximum atomic E-state index is 12.3. The summed E-state index contributed by atoms with van der Waals surface area (Å²) in [4.78, 5) is 24.4. The number of furan rings is 1. The Balaban J connectivity index is 2.61. The summed E-state index contributed by atoms with van der Waals surface area (Å²) in [6.45, 7) is -0.0686. The fourth-order valence-corrected chi connectivity index (χ4v) is 1.59. The van der Waals surface area contributed by atoms with Gasteiger partial charge in [-0.05, 0) is 19.1 Å². The summed E-state index contributed by atoms with van der Waals surface area (Å²) in [5, 5.41) is 11.1. The van der Waals surface area contributed by atoms with Crippen LogP contribution in [0.15, 0.2) is 22.8 Å². The molecule has 0 aromatic carbocycles. The third kappa shape index (κ3) is 4.61. The van der Waals surface area contributed by atoms with E-state index in [0.717, 1.165) is 4.90 Å². The van der Waals surface area contributed by atoms with E-state index in [-0.39, 0.29) is 12.3 Å². The predicted molar refractivity (Wildman–Crippen MR) is 65.3 cm³/mol. The zero-order valence-electron chi connectivity index (χ0n) is 10.9. The first-order valence-electron chi connectivity index (χ1n) is 5.98. The molecule has 6 nitrogen and oxygen atoms in total. The lowest BCUT2D eigenvalue weighted by Crippen LogP contribution is -2.49. The summed E-state index contributed by atoms with van der Waals surface area (Å²) in [5.74, 6) is -1.29. The van der Waals surface area contributed by atoms with Crippen LogP contribution in [0.4, 0.5) is 8.78 Å². The Hall–Kier alpha value is -1.96. The fourth-order valence-electron chi connectivity index (χ4n) is 1.59. The van der Waals surface area contributed by atoms with E-state index in [1.165, 1.54) is 25.3 Å². The first-order chi connectivity index (χ1) is 9.45. The van der Waals surface area contributed by atoms with E-state index in [9.17, 15) is 18.4 Å². The van der Waals surface area contributed by atoms with Gasteiger partial charge in [-0.15, -0.1) is 0 Å². The van der Waals surface area contributed by atoms with E-state index < -0.39 is 37.4 Å². The van der Waals surface area contributed by atoms with E-state index in [1.54, 1.807) is 0 Å². The van der Waals surface area contributed by atoms with Crippen LogP contribution in [-0.2, 0) is 4.79 Å². The third-order valence-electron chi connectivity index (χ3n) is 2.50. The van der Waals surface area contributed by atoms with E-state index >= 15 is 0 Å². The van der Waals surface area contributed by atoms with Crippen LogP contribution in [-0.4, -0.2) is 54.0 Å². The number of rotatable bonds is 7. The van der Waals surface area contributed by atoms with Crippen LogP contribution in [0.5, 0.6) is 0 Å². The standard InChI is InChI=1S/C12H16F2N2O4/c1-8(15-11(18)9-3-2-6-20-9)12(19)16(4-5-17)7-10(13)14/h2-3,6,8,10,17H,4-5,7H2,1H3,(H,15,18). The number of nitrogens with zero attached hydrogens (tertiary/aromatic N) is 1. The Labute approximate surface area is 114 Å². The normalized spacial score (nSPS) is 12.2. The van der Waals surface area contributed by atoms with Crippen LogP contribution in [0.3, 0.4) is 0 Å². The highest BCUT2D eigenvalue weighted by Crippen LogP contribution is 2.04. The molecule has 1 atom stereocenters. The van der Waals surface area contributed by atoms with Gasteiger partial charge in [-0.3, -0.25) is 9.59 Å². The minimum Gasteiger partial charge on any atom is -0.459 e. The highest BCUT2D eigenvalue weighted by atomic mass is 19.3. The van der Waals surface area contributed by atoms with Crippen molar-refractivity contribution < 1.29 is 27.9 Å². The molecule has 0 fully saturated rings. The number of alkyl halides is 2. The molecule has 0 aliphatic heterocycles. The van der Waals surface area contributed by atoms with E-state index in [4.69, 9.17) is 9.52 Å². The molecule has 0 bridgehead atoms. The summed E-state index contributed by atoms with van der Waals surface area (Å²) in [6.07, 6.45) is -1.41. The molecule has 0 radical (unpaired) electrons. The first-order valence-corrected chi connectivity index (χ1v) is 5.98. The predicted octanol–water partition coefficient (Wildman–Crippen LogP) is 0.484. The second-order valence-corrected chi connectivity index (χ2v) is 4.07. The van der Waals surface area contributed by atoms with E-state index in [0.29, 0.717) is 0 Å². The molecular formula is C12H16F2N2O4. The van der Waals surface area contributed by atoms with Gasteiger partial charge < -0.3 is 19.7 Å². The molecule has 1 aromatic heterocycles. The molecule has 2 amide bonds. The Morgan fingerprint density at radius 1 is 1.50 bits per heavy atom. The Bertz CT molecular complexity index is 437. The number of hydrogen-bond donors (Lipinski definition) is 2. The van der Waals surface area contributed by atoms with Gasteiger partial charge in [-0.1, -0.05) is 0 Å². The van der Waals surface area contributed by atoms with Crippen LogP contribution >= 0.6 is 0 Å². The van der Waals surface area contributed by atoms with Crippen molar-refractivity contribution in [2.24, 2.45) is 0 Å². The zero-order chi connectivity index (χ0) is 15.1.